The first-order valence-corrected chi connectivity index (χ1v) is 7.35. The third kappa shape index (κ3) is 3.84. The molecule has 0 N–H and O–H groups in total. The van der Waals surface area contributed by atoms with Gasteiger partial charge in [-0.1, -0.05) is 27.5 Å². The highest BCUT2D eigenvalue weighted by molar-refractivity contribution is 9.10. The average molecular weight is 358 g/mol. The minimum Gasteiger partial charge on any atom is -0.462 e. The Morgan fingerprint density at radius 2 is 2.30 bits per heavy atom. The summed E-state index contributed by atoms with van der Waals surface area (Å²) in [6.45, 7) is 3.05. The highest BCUT2D eigenvalue weighted by Gasteiger charge is 2.12. The summed E-state index contributed by atoms with van der Waals surface area (Å²) < 4.78 is 8.03. The van der Waals surface area contributed by atoms with Crippen LogP contribution in [0.4, 0.5) is 0 Å². The van der Waals surface area contributed by atoms with Crippen LogP contribution in [0.5, 0.6) is 0 Å². The summed E-state index contributed by atoms with van der Waals surface area (Å²) in [5.41, 5.74) is 0.375. The lowest BCUT2D eigenvalue weighted by Gasteiger charge is -2.08. The fraction of sp³-hybridized carbons (Fsp3) is 0.286. The second kappa shape index (κ2) is 6.90. The van der Waals surface area contributed by atoms with Gasteiger partial charge in [-0.2, -0.15) is 0 Å². The van der Waals surface area contributed by atoms with Gasteiger partial charge in [0.15, 0.2) is 0 Å². The molecule has 0 amide bonds. The zero-order valence-corrected chi connectivity index (χ0v) is 13.3. The number of aryl methyl sites for hydroxylation is 2. The lowest BCUT2D eigenvalue weighted by molar-refractivity contribution is 0.0496. The van der Waals surface area contributed by atoms with Crippen molar-refractivity contribution in [2.45, 2.75) is 19.9 Å². The number of halogens is 2. The lowest BCUT2D eigenvalue weighted by atomic mass is 10.2. The standard InChI is InChI=1S/C14H14BrClN2O2/c1-10-17-5-7-18(10)6-2-8-20-14(19)12-9-11(15)3-4-13(12)16/h3-5,7,9H,2,6,8H2,1H3. The molecule has 1 aromatic carbocycles. The van der Waals surface area contributed by atoms with Gasteiger partial charge in [0, 0.05) is 23.4 Å². The van der Waals surface area contributed by atoms with Gasteiger partial charge in [0.05, 0.1) is 17.2 Å². The van der Waals surface area contributed by atoms with Crippen LogP contribution in [0.2, 0.25) is 5.02 Å². The number of aromatic nitrogens is 2. The van der Waals surface area contributed by atoms with Gasteiger partial charge in [0.25, 0.3) is 0 Å². The molecule has 0 saturated heterocycles. The van der Waals surface area contributed by atoms with Crippen LogP contribution < -0.4 is 0 Å². The van der Waals surface area contributed by atoms with Crippen LogP contribution in [-0.2, 0) is 11.3 Å². The van der Waals surface area contributed by atoms with E-state index >= 15 is 0 Å². The molecule has 2 rings (SSSR count). The van der Waals surface area contributed by atoms with Crippen LogP contribution in [0.25, 0.3) is 0 Å². The predicted octanol–water partition coefficient (Wildman–Crippen LogP) is 3.85. The van der Waals surface area contributed by atoms with Crippen molar-refractivity contribution in [3.05, 3.63) is 51.5 Å². The molecule has 106 valence electrons. The molecular formula is C14H14BrClN2O2. The first kappa shape index (κ1) is 15.1. The molecule has 20 heavy (non-hydrogen) atoms. The molecule has 0 spiro atoms. The Morgan fingerprint density at radius 1 is 1.50 bits per heavy atom. The Morgan fingerprint density at radius 3 is 3.00 bits per heavy atom. The van der Waals surface area contributed by atoms with Gasteiger partial charge in [-0.15, -0.1) is 0 Å². The van der Waals surface area contributed by atoms with E-state index < -0.39 is 5.97 Å². The number of ether oxygens (including phenoxy) is 1. The lowest BCUT2D eigenvalue weighted by Crippen LogP contribution is -2.09. The fourth-order valence-electron chi connectivity index (χ4n) is 1.77. The van der Waals surface area contributed by atoms with Gasteiger partial charge in [-0.05, 0) is 31.5 Å². The monoisotopic (exact) mass is 356 g/mol. The molecule has 4 nitrogen and oxygen atoms in total. The van der Waals surface area contributed by atoms with Crippen LogP contribution in [0.1, 0.15) is 22.6 Å². The minimum atomic E-state index is -0.404. The van der Waals surface area contributed by atoms with Gasteiger partial charge in [-0.3, -0.25) is 0 Å². The van der Waals surface area contributed by atoms with Crippen LogP contribution in [0, 0.1) is 6.92 Å². The summed E-state index contributed by atoms with van der Waals surface area (Å²) >= 11 is 9.28. The molecule has 0 unspecified atom stereocenters. The molecule has 0 fully saturated rings. The number of benzene rings is 1. The average Bonchev–Trinajstić information content (AvgIpc) is 2.83. The zero-order valence-electron chi connectivity index (χ0n) is 11.0. The molecule has 1 heterocycles. The molecule has 2 aromatic rings. The Kier molecular flexibility index (Phi) is 5.20. The molecule has 0 bridgehead atoms. The number of hydrogen-bond acceptors (Lipinski definition) is 3. The predicted molar refractivity (Wildman–Crippen MR) is 81.0 cm³/mol. The number of imidazole rings is 1. The van der Waals surface area contributed by atoms with Gasteiger partial charge in [-0.25, -0.2) is 9.78 Å². The topological polar surface area (TPSA) is 44.1 Å². The molecule has 6 heteroatoms. The number of esters is 1. The number of nitrogens with zero attached hydrogens (tertiary/aromatic N) is 2. The Hall–Kier alpha value is -1.33. The molecule has 1 aromatic heterocycles. The number of hydrogen-bond donors (Lipinski definition) is 0. The van der Waals surface area contributed by atoms with E-state index in [0.29, 0.717) is 17.2 Å². The van der Waals surface area contributed by atoms with Crippen LogP contribution in [0.3, 0.4) is 0 Å². The van der Waals surface area contributed by atoms with Crippen molar-refractivity contribution in [2.24, 2.45) is 0 Å². The highest BCUT2D eigenvalue weighted by atomic mass is 79.9. The molecule has 0 saturated carbocycles. The quantitative estimate of drug-likeness (QED) is 0.603. The largest absolute Gasteiger partial charge is 0.462 e. The summed E-state index contributed by atoms with van der Waals surface area (Å²) in [6, 6.07) is 5.10. The van der Waals surface area contributed by atoms with Crippen molar-refractivity contribution in [2.75, 3.05) is 6.61 Å². The summed E-state index contributed by atoms with van der Waals surface area (Å²) in [7, 11) is 0. The summed E-state index contributed by atoms with van der Waals surface area (Å²) in [5.74, 6) is 0.546. The van der Waals surface area contributed by atoms with Crippen LogP contribution in [-0.4, -0.2) is 22.1 Å². The number of rotatable bonds is 5. The minimum absolute atomic E-state index is 0.347. The summed E-state index contributed by atoms with van der Waals surface area (Å²) in [4.78, 5) is 16.0. The fourth-order valence-corrected chi connectivity index (χ4v) is 2.33. The Balaban J connectivity index is 1.83. The van der Waals surface area contributed by atoms with Crippen LogP contribution in [0.15, 0.2) is 35.1 Å². The van der Waals surface area contributed by atoms with Crippen molar-refractivity contribution >= 4 is 33.5 Å². The molecule has 0 atom stereocenters. The van der Waals surface area contributed by atoms with E-state index in [-0.39, 0.29) is 0 Å². The summed E-state index contributed by atoms with van der Waals surface area (Å²) in [6.07, 6.45) is 4.39. The van der Waals surface area contributed by atoms with E-state index in [9.17, 15) is 4.79 Å². The Bertz CT molecular complexity index is 613. The molecular weight excluding hydrogens is 344 g/mol. The first-order chi connectivity index (χ1) is 9.58. The van der Waals surface area contributed by atoms with Crippen molar-refractivity contribution in [3.63, 3.8) is 0 Å². The Labute approximate surface area is 130 Å². The SMILES string of the molecule is Cc1nccn1CCCOC(=O)c1cc(Br)ccc1Cl. The van der Waals surface area contributed by atoms with Gasteiger partial charge in [0.2, 0.25) is 0 Å². The molecule has 0 aliphatic carbocycles. The van der Waals surface area contributed by atoms with Gasteiger partial charge < -0.3 is 9.30 Å². The van der Waals surface area contributed by atoms with Crippen molar-refractivity contribution in [3.8, 4) is 0 Å². The van der Waals surface area contributed by atoms with Crippen molar-refractivity contribution in [1.29, 1.82) is 0 Å². The van der Waals surface area contributed by atoms with E-state index in [0.717, 1.165) is 23.3 Å². The zero-order chi connectivity index (χ0) is 14.5. The third-order valence-corrected chi connectivity index (χ3v) is 3.67. The molecule has 0 aliphatic heterocycles. The molecule has 0 radical (unpaired) electrons. The third-order valence-electron chi connectivity index (χ3n) is 2.85. The maximum atomic E-state index is 11.9. The molecule has 0 aliphatic rings. The maximum Gasteiger partial charge on any atom is 0.339 e. The number of carbonyl (C=O) groups is 1. The first-order valence-electron chi connectivity index (χ1n) is 6.18. The smallest absolute Gasteiger partial charge is 0.339 e. The highest BCUT2D eigenvalue weighted by Crippen LogP contribution is 2.21. The second-order valence-electron chi connectivity index (χ2n) is 4.28. The number of carbonyl (C=O) groups excluding carboxylic acids is 1. The summed E-state index contributed by atoms with van der Waals surface area (Å²) in [5, 5.41) is 0.392. The van der Waals surface area contributed by atoms with Crippen LogP contribution >= 0.6 is 27.5 Å². The van der Waals surface area contributed by atoms with Crippen molar-refractivity contribution in [1.82, 2.24) is 9.55 Å². The van der Waals surface area contributed by atoms with Gasteiger partial charge in [0.1, 0.15) is 5.82 Å². The van der Waals surface area contributed by atoms with E-state index in [1.165, 1.54) is 0 Å². The van der Waals surface area contributed by atoms with E-state index in [2.05, 4.69) is 20.9 Å². The normalized spacial score (nSPS) is 10.6. The second-order valence-corrected chi connectivity index (χ2v) is 5.60. The maximum absolute atomic E-state index is 11.9. The van der Waals surface area contributed by atoms with E-state index in [1.807, 2.05) is 17.7 Å². The van der Waals surface area contributed by atoms with Gasteiger partial charge >= 0.3 is 5.97 Å². The van der Waals surface area contributed by atoms with E-state index in [1.54, 1.807) is 24.4 Å². The van der Waals surface area contributed by atoms with Crippen molar-refractivity contribution < 1.29 is 9.53 Å². The van der Waals surface area contributed by atoms with E-state index in [4.69, 9.17) is 16.3 Å².